The molecule has 0 bridgehead atoms. The van der Waals surface area contributed by atoms with E-state index in [4.69, 9.17) is 10.5 Å². The summed E-state index contributed by atoms with van der Waals surface area (Å²) >= 11 is 0. The molecule has 0 spiro atoms. The molecule has 2 aromatic rings. The zero-order chi connectivity index (χ0) is 14.5. The van der Waals surface area contributed by atoms with Crippen molar-refractivity contribution in [3.63, 3.8) is 0 Å². The van der Waals surface area contributed by atoms with Crippen LogP contribution in [-0.4, -0.2) is 15.5 Å². The van der Waals surface area contributed by atoms with Gasteiger partial charge in [0.25, 0.3) is 0 Å². The maximum absolute atomic E-state index is 13.2. The van der Waals surface area contributed by atoms with E-state index in [-0.39, 0.29) is 6.61 Å². The van der Waals surface area contributed by atoms with Gasteiger partial charge in [-0.25, -0.2) is 9.18 Å². The predicted molar refractivity (Wildman–Crippen MR) is 69.1 cm³/mol. The van der Waals surface area contributed by atoms with Crippen LogP contribution in [0.3, 0.4) is 0 Å². The van der Waals surface area contributed by atoms with Gasteiger partial charge >= 0.3 is 11.7 Å². The minimum atomic E-state index is -0.861. The van der Waals surface area contributed by atoms with Crippen LogP contribution in [-0.2, 0) is 22.7 Å². The first-order chi connectivity index (χ1) is 9.56. The van der Waals surface area contributed by atoms with Crippen molar-refractivity contribution in [2.75, 3.05) is 5.73 Å². The topological polar surface area (TPSA) is 87.2 Å². The van der Waals surface area contributed by atoms with E-state index in [2.05, 4.69) is 4.98 Å². The molecule has 6 nitrogen and oxygen atoms in total. The molecule has 2 N–H and O–H groups in total. The normalized spacial score (nSPS) is 10.2. The van der Waals surface area contributed by atoms with Crippen molar-refractivity contribution in [2.24, 2.45) is 0 Å². The van der Waals surface area contributed by atoms with E-state index in [1.165, 1.54) is 0 Å². The third-order valence-corrected chi connectivity index (χ3v) is 2.52. The molecule has 0 saturated carbocycles. The summed E-state index contributed by atoms with van der Waals surface area (Å²) in [7, 11) is 0. The van der Waals surface area contributed by atoms with Crippen LogP contribution < -0.4 is 11.4 Å². The molecule has 1 aromatic heterocycles. The van der Waals surface area contributed by atoms with Crippen LogP contribution in [0.2, 0.25) is 0 Å². The molecule has 0 fully saturated rings. The molecule has 0 atom stereocenters. The fourth-order valence-corrected chi connectivity index (χ4v) is 1.51. The summed E-state index contributed by atoms with van der Waals surface area (Å²) in [6.07, 6.45) is 0.828. The van der Waals surface area contributed by atoms with Crippen LogP contribution in [0, 0.1) is 5.82 Å². The molecule has 20 heavy (non-hydrogen) atoms. The number of nitrogen functional groups attached to an aromatic ring is 1. The lowest BCUT2D eigenvalue weighted by molar-refractivity contribution is -0.145. The number of ether oxygens (including phenoxy) is 1. The van der Waals surface area contributed by atoms with Gasteiger partial charge in [-0.1, -0.05) is 30.3 Å². The third kappa shape index (κ3) is 3.41. The number of anilines is 1. The minimum absolute atomic E-state index is 0.0826. The molecular formula is C13H12FN3O3. The molecule has 7 heteroatoms. The summed E-state index contributed by atoms with van der Waals surface area (Å²) in [4.78, 5) is 26.2. The van der Waals surface area contributed by atoms with Crippen LogP contribution in [0.15, 0.2) is 41.3 Å². The molecule has 0 radical (unpaired) electrons. The number of nitrogens with two attached hydrogens (primary N) is 1. The van der Waals surface area contributed by atoms with Crippen molar-refractivity contribution in [1.82, 2.24) is 9.55 Å². The number of esters is 1. The second-order valence-corrected chi connectivity index (χ2v) is 4.03. The zero-order valence-corrected chi connectivity index (χ0v) is 10.5. The standard InChI is InChI=1S/C13H12FN3O3/c14-10-6-17(13(19)16-12(10)15)7-11(18)20-8-9-4-2-1-3-5-9/h1-6H,7-8H2,(H2,15,16,19). The Morgan fingerprint density at radius 2 is 2.05 bits per heavy atom. The van der Waals surface area contributed by atoms with Gasteiger partial charge in [-0.05, 0) is 5.56 Å². The number of benzene rings is 1. The zero-order valence-electron chi connectivity index (χ0n) is 10.5. The van der Waals surface area contributed by atoms with E-state index in [0.29, 0.717) is 0 Å². The number of carbonyl (C=O) groups is 1. The van der Waals surface area contributed by atoms with Crippen LogP contribution in [0.25, 0.3) is 0 Å². The molecule has 0 saturated heterocycles. The Morgan fingerprint density at radius 3 is 2.75 bits per heavy atom. The molecule has 1 aromatic carbocycles. The van der Waals surface area contributed by atoms with Crippen LogP contribution in [0.4, 0.5) is 10.2 Å². The van der Waals surface area contributed by atoms with Gasteiger partial charge < -0.3 is 10.5 Å². The van der Waals surface area contributed by atoms with Gasteiger partial charge in [0.05, 0.1) is 0 Å². The first kappa shape index (κ1) is 13.7. The summed E-state index contributed by atoms with van der Waals surface area (Å²) < 4.78 is 18.9. The van der Waals surface area contributed by atoms with Crippen molar-refractivity contribution < 1.29 is 13.9 Å². The van der Waals surface area contributed by atoms with Crippen molar-refractivity contribution in [2.45, 2.75) is 13.2 Å². The highest BCUT2D eigenvalue weighted by Crippen LogP contribution is 2.03. The lowest BCUT2D eigenvalue weighted by atomic mass is 10.2. The molecule has 2 rings (SSSR count). The summed E-state index contributed by atoms with van der Waals surface area (Å²) in [6.45, 7) is -0.338. The molecule has 0 unspecified atom stereocenters. The van der Waals surface area contributed by atoms with Crippen molar-refractivity contribution in [3.05, 3.63) is 58.4 Å². The van der Waals surface area contributed by atoms with Gasteiger partial charge in [0.15, 0.2) is 11.6 Å². The third-order valence-electron chi connectivity index (χ3n) is 2.52. The van der Waals surface area contributed by atoms with Crippen molar-refractivity contribution in [3.8, 4) is 0 Å². The van der Waals surface area contributed by atoms with E-state index < -0.39 is 29.8 Å². The first-order valence-corrected chi connectivity index (χ1v) is 5.78. The number of aromatic nitrogens is 2. The van der Waals surface area contributed by atoms with E-state index in [0.717, 1.165) is 16.3 Å². The Labute approximate surface area is 113 Å². The average Bonchev–Trinajstić information content (AvgIpc) is 2.44. The highest BCUT2D eigenvalue weighted by Gasteiger charge is 2.10. The van der Waals surface area contributed by atoms with E-state index in [1.54, 1.807) is 12.1 Å². The maximum atomic E-state index is 13.2. The quantitative estimate of drug-likeness (QED) is 0.831. The number of hydrogen-bond acceptors (Lipinski definition) is 5. The molecule has 104 valence electrons. The van der Waals surface area contributed by atoms with Crippen molar-refractivity contribution in [1.29, 1.82) is 0 Å². The fraction of sp³-hybridized carbons (Fsp3) is 0.154. The van der Waals surface area contributed by atoms with Gasteiger partial charge in [-0.2, -0.15) is 4.98 Å². The lowest BCUT2D eigenvalue weighted by Gasteiger charge is -2.07. The smallest absolute Gasteiger partial charge is 0.350 e. The summed E-state index contributed by atoms with van der Waals surface area (Å²) in [5.41, 5.74) is 5.15. The van der Waals surface area contributed by atoms with Crippen LogP contribution in [0.1, 0.15) is 5.56 Å². The summed E-state index contributed by atoms with van der Waals surface area (Å²) in [6, 6.07) is 9.06. The van der Waals surface area contributed by atoms with Gasteiger partial charge in [-0.3, -0.25) is 9.36 Å². The van der Waals surface area contributed by atoms with E-state index in [1.807, 2.05) is 18.2 Å². The SMILES string of the molecule is Nc1nc(=O)n(CC(=O)OCc2ccccc2)cc1F. The van der Waals surface area contributed by atoms with Gasteiger partial charge in [0.2, 0.25) is 0 Å². The minimum Gasteiger partial charge on any atom is -0.459 e. The fourth-order valence-electron chi connectivity index (χ4n) is 1.51. The monoisotopic (exact) mass is 277 g/mol. The number of nitrogens with zero attached hydrogens (tertiary/aromatic N) is 2. The molecule has 0 aliphatic heterocycles. The average molecular weight is 277 g/mol. The van der Waals surface area contributed by atoms with E-state index >= 15 is 0 Å². The summed E-state index contributed by atoms with van der Waals surface area (Å²) in [5, 5.41) is 0. The molecule has 0 aliphatic rings. The van der Waals surface area contributed by atoms with Crippen LogP contribution in [0.5, 0.6) is 0 Å². The molecule has 1 heterocycles. The van der Waals surface area contributed by atoms with Crippen LogP contribution >= 0.6 is 0 Å². The molecule has 0 amide bonds. The van der Waals surface area contributed by atoms with Crippen molar-refractivity contribution >= 4 is 11.8 Å². The number of rotatable bonds is 4. The second kappa shape index (κ2) is 5.96. The van der Waals surface area contributed by atoms with Gasteiger partial charge in [-0.15, -0.1) is 0 Å². The number of halogens is 1. The Kier molecular flexibility index (Phi) is 4.09. The Morgan fingerprint density at radius 1 is 1.35 bits per heavy atom. The summed E-state index contributed by atoms with van der Waals surface area (Å²) in [5.74, 6) is -2.02. The van der Waals surface area contributed by atoms with Gasteiger partial charge in [0, 0.05) is 6.20 Å². The number of hydrogen-bond donors (Lipinski definition) is 1. The predicted octanol–water partition coefficient (Wildman–Crippen LogP) is 0.708. The highest BCUT2D eigenvalue weighted by molar-refractivity contribution is 5.69. The van der Waals surface area contributed by atoms with Gasteiger partial charge in [0.1, 0.15) is 13.2 Å². The second-order valence-electron chi connectivity index (χ2n) is 4.03. The Hall–Kier alpha value is -2.70. The number of carbonyl (C=O) groups excluding carboxylic acids is 1. The Balaban J connectivity index is 1.98. The lowest BCUT2D eigenvalue weighted by Crippen LogP contribution is -2.28. The van der Waals surface area contributed by atoms with E-state index in [9.17, 15) is 14.0 Å². The first-order valence-electron chi connectivity index (χ1n) is 5.78. The highest BCUT2D eigenvalue weighted by atomic mass is 19.1. The Bertz CT molecular complexity index is 670. The largest absolute Gasteiger partial charge is 0.459 e. The maximum Gasteiger partial charge on any atom is 0.350 e. The molecular weight excluding hydrogens is 265 g/mol. The molecule has 0 aliphatic carbocycles.